The van der Waals surface area contributed by atoms with E-state index in [4.69, 9.17) is 9.47 Å². The Hall–Kier alpha value is -1.06. The molecule has 0 spiro atoms. The first kappa shape index (κ1) is 32.9. The molecule has 0 radical (unpaired) electrons. The van der Waals surface area contributed by atoms with Crippen molar-refractivity contribution in [1.29, 1.82) is 0 Å². The van der Waals surface area contributed by atoms with Crippen molar-refractivity contribution in [2.75, 3.05) is 13.2 Å². The van der Waals surface area contributed by atoms with Gasteiger partial charge in [-0.2, -0.15) is 0 Å². The first-order chi connectivity index (χ1) is 16.6. The summed E-state index contributed by atoms with van der Waals surface area (Å²) in [4.78, 5) is 23.3. The lowest BCUT2D eigenvalue weighted by Crippen LogP contribution is -2.08. The van der Waals surface area contributed by atoms with Crippen LogP contribution in [0, 0.1) is 5.92 Å². The number of carbonyl (C=O) groups excluding carboxylic acids is 2. The van der Waals surface area contributed by atoms with Crippen LogP contribution in [0.1, 0.15) is 162 Å². The van der Waals surface area contributed by atoms with Gasteiger partial charge in [0.2, 0.25) is 0 Å². The molecule has 202 valence electrons. The van der Waals surface area contributed by atoms with Gasteiger partial charge >= 0.3 is 11.9 Å². The van der Waals surface area contributed by atoms with Gasteiger partial charge in [-0.25, -0.2) is 0 Å². The molecular weight excluding hydrogens is 424 g/mol. The van der Waals surface area contributed by atoms with E-state index in [9.17, 15) is 9.59 Å². The minimum absolute atomic E-state index is 0.0107. The summed E-state index contributed by atoms with van der Waals surface area (Å²) < 4.78 is 10.5. The Morgan fingerprint density at radius 2 is 0.912 bits per heavy atom. The van der Waals surface area contributed by atoms with Gasteiger partial charge in [-0.3, -0.25) is 9.59 Å². The van der Waals surface area contributed by atoms with Gasteiger partial charge in [-0.1, -0.05) is 124 Å². The highest BCUT2D eigenvalue weighted by Crippen LogP contribution is 2.17. The number of esters is 2. The van der Waals surface area contributed by atoms with Crippen LogP contribution in [0.3, 0.4) is 0 Å². The highest BCUT2D eigenvalue weighted by molar-refractivity contribution is 5.69. The average molecular weight is 483 g/mol. The van der Waals surface area contributed by atoms with Gasteiger partial charge in [0, 0.05) is 12.8 Å². The van der Waals surface area contributed by atoms with Crippen LogP contribution in [-0.4, -0.2) is 25.2 Å². The van der Waals surface area contributed by atoms with E-state index >= 15 is 0 Å². The number of carbonyl (C=O) groups is 2. The van der Waals surface area contributed by atoms with Crippen molar-refractivity contribution in [3.05, 3.63) is 0 Å². The lowest BCUT2D eigenvalue weighted by atomic mass is 9.97. The smallest absolute Gasteiger partial charge is 0.305 e. The van der Waals surface area contributed by atoms with Gasteiger partial charge in [-0.05, 0) is 31.6 Å². The molecule has 34 heavy (non-hydrogen) atoms. The van der Waals surface area contributed by atoms with E-state index in [2.05, 4.69) is 20.8 Å². The van der Waals surface area contributed by atoms with E-state index in [0.717, 1.165) is 57.8 Å². The average Bonchev–Trinajstić information content (AvgIpc) is 2.83. The largest absolute Gasteiger partial charge is 0.466 e. The maximum Gasteiger partial charge on any atom is 0.305 e. The highest BCUT2D eigenvalue weighted by Gasteiger charge is 2.08. The molecule has 0 rings (SSSR count). The van der Waals surface area contributed by atoms with Crippen LogP contribution in [0.25, 0.3) is 0 Å². The zero-order valence-corrected chi connectivity index (χ0v) is 23.2. The highest BCUT2D eigenvalue weighted by atomic mass is 16.5. The molecule has 0 heterocycles. The summed E-state index contributed by atoms with van der Waals surface area (Å²) in [6.45, 7) is 7.78. The van der Waals surface area contributed by atoms with E-state index in [0.29, 0.717) is 32.0 Å². The first-order valence-electron chi connectivity index (χ1n) is 14.9. The van der Waals surface area contributed by atoms with E-state index in [1.54, 1.807) is 0 Å². The lowest BCUT2D eigenvalue weighted by Gasteiger charge is -2.11. The third kappa shape index (κ3) is 25.6. The third-order valence-electron chi connectivity index (χ3n) is 6.69. The number of rotatable bonds is 26. The Kier molecular flexibility index (Phi) is 25.7. The van der Waals surface area contributed by atoms with E-state index < -0.39 is 0 Å². The van der Waals surface area contributed by atoms with Crippen LogP contribution in [-0.2, 0) is 19.1 Å². The molecule has 0 saturated carbocycles. The topological polar surface area (TPSA) is 52.6 Å². The summed E-state index contributed by atoms with van der Waals surface area (Å²) in [5, 5.41) is 0. The van der Waals surface area contributed by atoms with Crippen molar-refractivity contribution in [3.63, 3.8) is 0 Å². The zero-order chi connectivity index (χ0) is 25.1. The maximum atomic E-state index is 11.7. The van der Waals surface area contributed by atoms with Crippen molar-refractivity contribution in [2.24, 2.45) is 5.92 Å². The Balaban J connectivity index is 3.27. The van der Waals surface area contributed by atoms with Crippen LogP contribution in [0.4, 0.5) is 0 Å². The number of hydrogen-bond acceptors (Lipinski definition) is 4. The molecule has 0 fully saturated rings. The molecular formula is C30H58O4. The quantitative estimate of drug-likeness (QED) is 0.0910. The molecule has 0 aromatic rings. The Morgan fingerprint density at radius 1 is 0.500 bits per heavy atom. The summed E-state index contributed by atoms with van der Waals surface area (Å²) in [5.41, 5.74) is 0. The minimum atomic E-state index is -0.0131. The van der Waals surface area contributed by atoms with Crippen molar-refractivity contribution in [3.8, 4) is 0 Å². The number of unbranched alkanes of at least 4 members (excludes halogenated alkanes) is 15. The zero-order valence-electron chi connectivity index (χ0n) is 23.2. The lowest BCUT2D eigenvalue weighted by molar-refractivity contribution is -0.144. The van der Waals surface area contributed by atoms with Crippen LogP contribution < -0.4 is 0 Å². The first-order valence-corrected chi connectivity index (χ1v) is 14.9. The summed E-state index contributed by atoms with van der Waals surface area (Å²) in [7, 11) is 0. The van der Waals surface area contributed by atoms with E-state index in [-0.39, 0.29) is 11.9 Å². The van der Waals surface area contributed by atoms with Crippen molar-refractivity contribution < 1.29 is 19.1 Å². The number of ether oxygens (including phenoxy) is 2. The fourth-order valence-electron chi connectivity index (χ4n) is 4.26. The Bertz CT molecular complexity index is 449. The predicted octanol–water partition coefficient (Wildman–Crippen LogP) is 9.33. The molecule has 0 amide bonds. The molecule has 0 aliphatic rings. The standard InChI is InChI=1S/C30H58O4/c1-4-6-20-26-33-29(31)23-19-17-15-13-11-9-8-10-12-14-16-18-22-28(3)24-25-30(32)34-27-21-7-5-2/h28H,4-27H2,1-3H3. The molecule has 4 heteroatoms. The van der Waals surface area contributed by atoms with Gasteiger partial charge in [0.25, 0.3) is 0 Å². The second kappa shape index (κ2) is 26.5. The van der Waals surface area contributed by atoms with Gasteiger partial charge in [-0.15, -0.1) is 0 Å². The Morgan fingerprint density at radius 3 is 1.38 bits per heavy atom. The minimum Gasteiger partial charge on any atom is -0.466 e. The van der Waals surface area contributed by atoms with E-state index in [1.807, 2.05) is 0 Å². The SMILES string of the molecule is CCCCCOC(=O)CCCCCCCCCCCCCCC(C)CCC(=O)OCCCCC. The second-order valence-corrected chi connectivity index (χ2v) is 10.3. The van der Waals surface area contributed by atoms with Gasteiger partial charge < -0.3 is 9.47 Å². The molecule has 1 unspecified atom stereocenters. The van der Waals surface area contributed by atoms with Crippen LogP contribution in [0.2, 0.25) is 0 Å². The van der Waals surface area contributed by atoms with Crippen molar-refractivity contribution in [2.45, 2.75) is 162 Å². The molecule has 0 N–H and O–H groups in total. The van der Waals surface area contributed by atoms with Gasteiger partial charge in [0.15, 0.2) is 0 Å². The normalized spacial score (nSPS) is 12.0. The monoisotopic (exact) mass is 482 g/mol. The van der Waals surface area contributed by atoms with Crippen molar-refractivity contribution >= 4 is 11.9 Å². The van der Waals surface area contributed by atoms with E-state index in [1.165, 1.54) is 70.6 Å². The molecule has 0 aliphatic carbocycles. The van der Waals surface area contributed by atoms with Crippen LogP contribution in [0.5, 0.6) is 0 Å². The molecule has 0 saturated heterocycles. The summed E-state index contributed by atoms with van der Waals surface area (Å²) in [6, 6.07) is 0. The van der Waals surface area contributed by atoms with Gasteiger partial charge in [0.05, 0.1) is 13.2 Å². The van der Waals surface area contributed by atoms with Gasteiger partial charge in [0.1, 0.15) is 0 Å². The molecule has 0 aromatic carbocycles. The molecule has 0 bridgehead atoms. The maximum absolute atomic E-state index is 11.7. The van der Waals surface area contributed by atoms with Crippen molar-refractivity contribution in [1.82, 2.24) is 0 Å². The van der Waals surface area contributed by atoms with Crippen LogP contribution >= 0.6 is 0 Å². The predicted molar refractivity (Wildman–Crippen MR) is 144 cm³/mol. The molecule has 1 atom stereocenters. The fraction of sp³-hybridized carbons (Fsp3) is 0.933. The molecule has 0 aliphatic heterocycles. The molecule has 4 nitrogen and oxygen atoms in total. The second-order valence-electron chi connectivity index (χ2n) is 10.3. The summed E-state index contributed by atoms with van der Waals surface area (Å²) >= 11 is 0. The summed E-state index contributed by atoms with van der Waals surface area (Å²) in [6.07, 6.45) is 25.4. The molecule has 0 aromatic heterocycles. The Labute approximate surface area is 212 Å². The van der Waals surface area contributed by atoms with Crippen LogP contribution in [0.15, 0.2) is 0 Å². The fourth-order valence-corrected chi connectivity index (χ4v) is 4.26. The third-order valence-corrected chi connectivity index (χ3v) is 6.69. The number of hydrogen-bond donors (Lipinski definition) is 0. The summed E-state index contributed by atoms with van der Waals surface area (Å²) in [5.74, 6) is 0.601.